The number of Topliss-reactive ketones (excluding diaryl/α,β-unsaturated/α-hetero) is 1. The normalized spacial score (nSPS) is 11.4. The van der Waals surface area contributed by atoms with Gasteiger partial charge in [-0.15, -0.1) is 11.3 Å². The number of thiophene rings is 1. The quantitative estimate of drug-likeness (QED) is 0.394. The van der Waals surface area contributed by atoms with E-state index < -0.39 is 24.0 Å². The molecular formula is C18H25N3O6S. The summed E-state index contributed by atoms with van der Waals surface area (Å²) in [4.78, 5) is 59.0. The summed E-state index contributed by atoms with van der Waals surface area (Å²) in [5, 5.41) is 8.84. The van der Waals surface area contributed by atoms with Crippen LogP contribution in [-0.4, -0.2) is 48.3 Å². The summed E-state index contributed by atoms with van der Waals surface area (Å²) in [6.07, 6.45) is -1.17. The molecule has 0 aliphatic carbocycles. The first-order chi connectivity index (χ1) is 13.2. The maximum atomic E-state index is 11.8. The third kappa shape index (κ3) is 9.26. The van der Waals surface area contributed by atoms with Crippen molar-refractivity contribution >= 4 is 40.9 Å². The average molecular weight is 411 g/mol. The molecule has 0 bridgehead atoms. The average Bonchev–Trinajstić information content (AvgIpc) is 3.13. The van der Waals surface area contributed by atoms with Crippen molar-refractivity contribution in [3.8, 4) is 0 Å². The van der Waals surface area contributed by atoms with Crippen LogP contribution in [0.4, 0.5) is 4.79 Å². The minimum absolute atomic E-state index is 0.0209. The van der Waals surface area contributed by atoms with Crippen molar-refractivity contribution in [2.75, 3.05) is 6.54 Å². The Hall–Kier alpha value is -2.75. The predicted octanol–water partition coefficient (Wildman–Crippen LogP) is 1.38. The second kappa shape index (κ2) is 11.9. The molecule has 0 saturated carbocycles. The highest BCUT2D eigenvalue weighted by atomic mass is 32.1. The van der Waals surface area contributed by atoms with Gasteiger partial charge in [0.05, 0.1) is 11.3 Å². The molecule has 3 N–H and O–H groups in total. The number of esters is 1. The molecule has 0 radical (unpaired) electrons. The maximum absolute atomic E-state index is 11.8. The zero-order chi connectivity index (χ0) is 21.1. The third-order valence-corrected chi connectivity index (χ3v) is 4.27. The third-order valence-electron chi connectivity index (χ3n) is 3.36. The molecule has 1 rings (SSSR count). The number of amides is 4. The number of imide groups is 1. The molecular weight excluding hydrogens is 386 g/mol. The molecule has 154 valence electrons. The zero-order valence-corrected chi connectivity index (χ0v) is 16.9. The number of ketones is 1. The van der Waals surface area contributed by atoms with E-state index in [0.29, 0.717) is 4.88 Å². The lowest BCUT2D eigenvalue weighted by Crippen LogP contribution is -2.46. The number of carbonyl (C=O) groups is 5. The van der Waals surface area contributed by atoms with Gasteiger partial charge in [0, 0.05) is 25.4 Å². The summed E-state index contributed by atoms with van der Waals surface area (Å²) >= 11 is 1.32. The summed E-state index contributed by atoms with van der Waals surface area (Å²) in [5.41, 5.74) is 0. The molecule has 1 heterocycles. The Labute approximate surface area is 167 Å². The fourth-order valence-corrected chi connectivity index (χ4v) is 2.70. The smallest absolute Gasteiger partial charge is 0.321 e. The highest BCUT2D eigenvalue weighted by molar-refractivity contribution is 7.12. The van der Waals surface area contributed by atoms with E-state index in [4.69, 9.17) is 4.74 Å². The van der Waals surface area contributed by atoms with Crippen molar-refractivity contribution in [1.82, 2.24) is 16.0 Å². The van der Waals surface area contributed by atoms with Gasteiger partial charge in [0.1, 0.15) is 0 Å². The Morgan fingerprint density at radius 3 is 2.39 bits per heavy atom. The van der Waals surface area contributed by atoms with Gasteiger partial charge in [-0.3, -0.25) is 24.5 Å². The van der Waals surface area contributed by atoms with Crippen LogP contribution in [-0.2, 0) is 19.1 Å². The zero-order valence-electron chi connectivity index (χ0n) is 16.1. The number of ether oxygens (including phenoxy) is 1. The van der Waals surface area contributed by atoms with E-state index in [0.717, 1.165) is 0 Å². The Balaban J connectivity index is 2.21. The number of hydrogen-bond donors (Lipinski definition) is 3. The SMILES string of the molecule is CC(C)NC(=O)NC(=O)C(C)OC(=O)CCNC(=O)CCC(=O)c1cccs1. The lowest BCUT2D eigenvalue weighted by molar-refractivity contribution is -0.154. The van der Waals surface area contributed by atoms with Crippen LogP contribution in [0.25, 0.3) is 0 Å². The van der Waals surface area contributed by atoms with Gasteiger partial charge < -0.3 is 15.4 Å². The van der Waals surface area contributed by atoms with Gasteiger partial charge in [-0.1, -0.05) is 6.07 Å². The maximum Gasteiger partial charge on any atom is 0.321 e. The number of carbonyl (C=O) groups excluding carboxylic acids is 5. The van der Waals surface area contributed by atoms with E-state index in [-0.39, 0.29) is 43.5 Å². The lowest BCUT2D eigenvalue weighted by atomic mass is 10.2. The molecule has 0 spiro atoms. The van der Waals surface area contributed by atoms with Crippen molar-refractivity contribution in [2.24, 2.45) is 0 Å². The number of rotatable bonds is 10. The van der Waals surface area contributed by atoms with Gasteiger partial charge in [0.2, 0.25) is 5.91 Å². The monoisotopic (exact) mass is 411 g/mol. The van der Waals surface area contributed by atoms with Crippen molar-refractivity contribution in [3.63, 3.8) is 0 Å². The van der Waals surface area contributed by atoms with E-state index in [1.807, 2.05) is 0 Å². The molecule has 1 aromatic heterocycles. The van der Waals surface area contributed by atoms with Gasteiger partial charge in [-0.05, 0) is 32.2 Å². The van der Waals surface area contributed by atoms with E-state index in [1.54, 1.807) is 31.4 Å². The van der Waals surface area contributed by atoms with Gasteiger partial charge in [0.25, 0.3) is 5.91 Å². The second-order valence-electron chi connectivity index (χ2n) is 6.25. The minimum atomic E-state index is -1.15. The topological polar surface area (TPSA) is 131 Å². The highest BCUT2D eigenvalue weighted by Gasteiger charge is 2.20. The van der Waals surface area contributed by atoms with Crippen LogP contribution in [0.5, 0.6) is 0 Å². The Morgan fingerprint density at radius 2 is 1.79 bits per heavy atom. The van der Waals surface area contributed by atoms with Gasteiger partial charge in [0.15, 0.2) is 11.9 Å². The molecule has 10 heteroatoms. The molecule has 0 fully saturated rings. The first kappa shape index (κ1) is 23.3. The van der Waals surface area contributed by atoms with Gasteiger partial charge in [-0.2, -0.15) is 0 Å². The molecule has 1 atom stereocenters. The second-order valence-corrected chi connectivity index (χ2v) is 7.20. The molecule has 0 aromatic carbocycles. The van der Waals surface area contributed by atoms with E-state index >= 15 is 0 Å². The molecule has 0 saturated heterocycles. The molecule has 4 amide bonds. The molecule has 9 nitrogen and oxygen atoms in total. The first-order valence-electron chi connectivity index (χ1n) is 8.83. The largest absolute Gasteiger partial charge is 0.452 e. The Kier molecular flexibility index (Phi) is 9.86. The van der Waals surface area contributed by atoms with Crippen LogP contribution in [0.15, 0.2) is 17.5 Å². The van der Waals surface area contributed by atoms with Gasteiger partial charge >= 0.3 is 12.0 Å². The van der Waals surface area contributed by atoms with Crippen LogP contribution in [0.1, 0.15) is 49.7 Å². The van der Waals surface area contributed by atoms with Crippen molar-refractivity contribution in [1.29, 1.82) is 0 Å². The highest BCUT2D eigenvalue weighted by Crippen LogP contribution is 2.12. The van der Waals surface area contributed by atoms with Crippen LogP contribution in [0.2, 0.25) is 0 Å². The Morgan fingerprint density at radius 1 is 1.07 bits per heavy atom. The minimum Gasteiger partial charge on any atom is -0.452 e. The summed E-state index contributed by atoms with van der Waals surface area (Å²) < 4.78 is 4.91. The lowest BCUT2D eigenvalue weighted by Gasteiger charge is -2.14. The molecule has 28 heavy (non-hydrogen) atoms. The molecule has 1 unspecified atom stereocenters. The van der Waals surface area contributed by atoms with Crippen molar-refractivity contribution < 1.29 is 28.7 Å². The summed E-state index contributed by atoms with van der Waals surface area (Å²) in [7, 11) is 0. The molecule has 0 aliphatic rings. The van der Waals surface area contributed by atoms with E-state index in [2.05, 4.69) is 16.0 Å². The molecule has 0 aliphatic heterocycles. The standard InChI is InChI=1S/C18H25N3O6S/c1-11(2)20-18(26)21-17(25)12(3)27-16(24)8-9-19-15(23)7-6-13(22)14-5-4-10-28-14/h4-5,10-12H,6-9H2,1-3H3,(H,19,23)(H2,20,21,25,26). The number of hydrogen-bond acceptors (Lipinski definition) is 7. The van der Waals surface area contributed by atoms with Crippen LogP contribution >= 0.6 is 11.3 Å². The summed E-state index contributed by atoms with van der Waals surface area (Å²) in [6.45, 7) is 4.83. The fraction of sp³-hybridized carbons (Fsp3) is 0.500. The van der Waals surface area contributed by atoms with Crippen LogP contribution in [0, 0.1) is 0 Å². The first-order valence-corrected chi connectivity index (χ1v) is 9.71. The predicted molar refractivity (Wildman–Crippen MR) is 103 cm³/mol. The van der Waals surface area contributed by atoms with E-state index in [1.165, 1.54) is 18.3 Å². The van der Waals surface area contributed by atoms with Crippen molar-refractivity contribution in [2.45, 2.75) is 52.2 Å². The van der Waals surface area contributed by atoms with Crippen LogP contribution in [0.3, 0.4) is 0 Å². The Bertz CT molecular complexity index is 702. The molecule has 1 aromatic rings. The summed E-state index contributed by atoms with van der Waals surface area (Å²) in [5.74, 6) is -1.90. The van der Waals surface area contributed by atoms with Crippen LogP contribution < -0.4 is 16.0 Å². The fourth-order valence-electron chi connectivity index (χ4n) is 2.00. The number of nitrogens with one attached hydrogen (secondary N) is 3. The summed E-state index contributed by atoms with van der Waals surface area (Å²) in [6, 6.07) is 2.65. The van der Waals surface area contributed by atoms with E-state index in [9.17, 15) is 24.0 Å². The van der Waals surface area contributed by atoms with Gasteiger partial charge in [-0.25, -0.2) is 4.79 Å². The van der Waals surface area contributed by atoms with Crippen molar-refractivity contribution in [3.05, 3.63) is 22.4 Å². The number of urea groups is 1.